The first-order valence-electron chi connectivity index (χ1n) is 10.9. The Balaban J connectivity index is 1.67. The molecule has 36 heavy (non-hydrogen) atoms. The van der Waals surface area contributed by atoms with E-state index < -0.39 is 32.5 Å². The van der Waals surface area contributed by atoms with Crippen molar-refractivity contribution in [1.82, 2.24) is 4.98 Å². The van der Waals surface area contributed by atoms with Gasteiger partial charge in [0.25, 0.3) is 15.9 Å². The van der Waals surface area contributed by atoms with E-state index in [9.17, 15) is 17.6 Å². The Hall–Kier alpha value is -3.99. The maximum absolute atomic E-state index is 15.1. The number of rotatable bonds is 7. The Bertz CT molecular complexity index is 1650. The fourth-order valence-corrected chi connectivity index (χ4v) is 3.76. The smallest absolute Gasteiger partial charge is 0.340 e. The Labute approximate surface area is 205 Å². The van der Waals surface area contributed by atoms with Gasteiger partial charge >= 0.3 is 5.63 Å². The van der Waals surface area contributed by atoms with Gasteiger partial charge in [0.15, 0.2) is 11.6 Å². The molecular formula is C25H21F2N3O5S. The van der Waals surface area contributed by atoms with Gasteiger partial charge in [0.1, 0.15) is 17.0 Å². The Kier molecular flexibility index (Phi) is 6.93. The second-order valence-electron chi connectivity index (χ2n) is 8.22. The van der Waals surface area contributed by atoms with Crippen molar-refractivity contribution in [3.8, 4) is 11.6 Å². The number of hydrogen-bond acceptors (Lipinski definition) is 7. The summed E-state index contributed by atoms with van der Waals surface area (Å²) in [5.41, 5.74) is 0.157. The lowest BCUT2D eigenvalue weighted by molar-refractivity contribution is 0.422. The van der Waals surface area contributed by atoms with Crippen LogP contribution in [0.5, 0.6) is 11.6 Å². The first-order valence-corrected chi connectivity index (χ1v) is 12.4. The number of ether oxygens (including phenoxy) is 1. The van der Waals surface area contributed by atoms with Gasteiger partial charge in [-0.1, -0.05) is 16.7 Å². The molecular weight excluding hydrogens is 492 g/mol. The van der Waals surface area contributed by atoms with Gasteiger partial charge in [-0.3, -0.25) is 0 Å². The van der Waals surface area contributed by atoms with Crippen molar-refractivity contribution in [1.29, 1.82) is 0 Å². The number of nitrogens with zero attached hydrogens (tertiary/aromatic N) is 3. The lowest BCUT2D eigenvalue weighted by atomic mass is 9.99. The molecule has 0 spiro atoms. The minimum atomic E-state index is -3.86. The van der Waals surface area contributed by atoms with Gasteiger partial charge in [0.2, 0.25) is 0 Å². The summed E-state index contributed by atoms with van der Waals surface area (Å²) in [6.07, 6.45) is 1.27. The number of fused-ring (bicyclic) bond motifs is 1. The van der Waals surface area contributed by atoms with Crippen molar-refractivity contribution in [2.24, 2.45) is 9.63 Å². The van der Waals surface area contributed by atoms with Crippen LogP contribution in [0.1, 0.15) is 30.5 Å². The number of sulfonamides is 1. The molecule has 0 amide bonds. The predicted molar refractivity (Wildman–Crippen MR) is 129 cm³/mol. The molecule has 0 saturated heterocycles. The summed E-state index contributed by atoms with van der Waals surface area (Å²) in [4.78, 5) is 16.6. The van der Waals surface area contributed by atoms with Gasteiger partial charge in [-0.05, 0) is 62.2 Å². The molecule has 2 aromatic carbocycles. The van der Waals surface area contributed by atoms with Crippen LogP contribution in [0.4, 0.5) is 14.5 Å². The van der Waals surface area contributed by atoms with Crippen LogP contribution in [0.25, 0.3) is 11.0 Å². The molecule has 2 aromatic heterocycles. The summed E-state index contributed by atoms with van der Waals surface area (Å²) >= 11 is 0. The van der Waals surface area contributed by atoms with Crippen LogP contribution in [0.3, 0.4) is 0 Å². The number of hydrogen-bond donors (Lipinski definition) is 0. The van der Waals surface area contributed by atoms with Gasteiger partial charge in [-0.15, -0.1) is 5.11 Å². The zero-order chi connectivity index (χ0) is 26.0. The lowest BCUT2D eigenvalue weighted by Gasteiger charge is -2.11. The molecule has 0 bridgehead atoms. The normalized spacial score (nSPS) is 12.1. The fraction of sp³-hybridized carbons (Fsp3) is 0.200. The largest absolute Gasteiger partial charge is 0.436 e. The zero-order valence-corrected chi connectivity index (χ0v) is 20.3. The van der Waals surface area contributed by atoms with Gasteiger partial charge in [0, 0.05) is 29.6 Å². The van der Waals surface area contributed by atoms with Crippen LogP contribution >= 0.6 is 0 Å². The third-order valence-corrected chi connectivity index (χ3v) is 6.98. The second kappa shape index (κ2) is 9.94. The standard InChI is InChI=1S/C25H21F2N3O5S/c1-14(2)36(32,33)30-29-21-8-4-6-16(23(21)27)12-19-15(3)18-10-9-17(13-22(18)35-25(19)31)34-24-20(26)7-5-11-28-24/h4-11,13-14H,12H2,1-3H3. The topological polar surface area (TPSA) is 111 Å². The van der Waals surface area contributed by atoms with E-state index in [1.165, 1.54) is 56.4 Å². The van der Waals surface area contributed by atoms with E-state index in [1.54, 1.807) is 19.1 Å². The first-order chi connectivity index (χ1) is 17.1. The molecule has 4 aromatic rings. The summed E-state index contributed by atoms with van der Waals surface area (Å²) in [5, 5.41) is 3.34. The number of pyridine rings is 1. The number of aryl methyl sites for hydroxylation is 1. The Morgan fingerprint density at radius 3 is 2.61 bits per heavy atom. The van der Waals surface area contributed by atoms with E-state index >= 15 is 4.39 Å². The maximum atomic E-state index is 15.1. The van der Waals surface area contributed by atoms with E-state index in [2.05, 4.69) is 14.6 Å². The maximum Gasteiger partial charge on any atom is 0.340 e. The minimum Gasteiger partial charge on any atom is -0.436 e. The minimum absolute atomic E-state index is 0.117. The first kappa shape index (κ1) is 25.1. The van der Waals surface area contributed by atoms with Crippen molar-refractivity contribution < 1.29 is 26.4 Å². The SMILES string of the molecule is Cc1c(Cc2cccc(N=NS(=O)(=O)C(C)C)c2F)c(=O)oc2cc(Oc3ncccc3F)ccc12. The third kappa shape index (κ3) is 5.15. The Morgan fingerprint density at radius 1 is 1.11 bits per heavy atom. The quantitative estimate of drug-likeness (QED) is 0.222. The van der Waals surface area contributed by atoms with Crippen molar-refractivity contribution in [2.45, 2.75) is 32.4 Å². The summed E-state index contributed by atoms with van der Waals surface area (Å²) in [5.74, 6) is -1.44. The molecule has 8 nitrogen and oxygen atoms in total. The zero-order valence-electron chi connectivity index (χ0n) is 19.5. The molecule has 2 heterocycles. The highest BCUT2D eigenvalue weighted by molar-refractivity contribution is 7.90. The highest BCUT2D eigenvalue weighted by atomic mass is 32.2. The molecule has 0 aliphatic rings. The number of halogens is 2. The molecule has 0 fully saturated rings. The van der Waals surface area contributed by atoms with Crippen LogP contribution < -0.4 is 10.4 Å². The Morgan fingerprint density at radius 2 is 1.89 bits per heavy atom. The highest BCUT2D eigenvalue weighted by Crippen LogP contribution is 2.30. The van der Waals surface area contributed by atoms with E-state index in [4.69, 9.17) is 9.15 Å². The molecule has 186 valence electrons. The van der Waals surface area contributed by atoms with Crippen molar-refractivity contribution in [3.05, 3.63) is 93.5 Å². The monoisotopic (exact) mass is 513 g/mol. The molecule has 0 radical (unpaired) electrons. The molecule has 0 aliphatic heterocycles. The molecule has 0 aliphatic carbocycles. The van der Waals surface area contributed by atoms with Crippen LogP contribution in [0.15, 0.2) is 73.6 Å². The molecule has 0 saturated carbocycles. The van der Waals surface area contributed by atoms with Crippen LogP contribution in [-0.4, -0.2) is 18.7 Å². The summed E-state index contributed by atoms with van der Waals surface area (Å²) < 4.78 is 66.9. The lowest BCUT2D eigenvalue weighted by Crippen LogP contribution is -2.11. The van der Waals surface area contributed by atoms with Crippen LogP contribution in [0.2, 0.25) is 0 Å². The number of aromatic nitrogens is 1. The van der Waals surface area contributed by atoms with Crippen LogP contribution in [-0.2, 0) is 16.4 Å². The summed E-state index contributed by atoms with van der Waals surface area (Å²) in [6.45, 7) is 4.58. The molecule has 0 unspecified atom stereocenters. The average Bonchev–Trinajstić information content (AvgIpc) is 2.83. The highest BCUT2D eigenvalue weighted by Gasteiger charge is 2.18. The van der Waals surface area contributed by atoms with Crippen molar-refractivity contribution >= 4 is 26.7 Å². The summed E-state index contributed by atoms with van der Waals surface area (Å²) in [7, 11) is -3.86. The predicted octanol–water partition coefficient (Wildman–Crippen LogP) is 5.98. The molecule has 0 atom stereocenters. The van der Waals surface area contributed by atoms with E-state index in [0.29, 0.717) is 10.9 Å². The second-order valence-corrected chi connectivity index (χ2v) is 10.4. The van der Waals surface area contributed by atoms with Crippen molar-refractivity contribution in [3.63, 3.8) is 0 Å². The molecule has 0 N–H and O–H groups in total. The fourth-order valence-electron chi connectivity index (χ4n) is 3.37. The van der Waals surface area contributed by atoms with Gasteiger partial charge < -0.3 is 9.15 Å². The third-order valence-electron chi connectivity index (χ3n) is 5.48. The van der Waals surface area contributed by atoms with Gasteiger partial charge in [-0.25, -0.2) is 27.0 Å². The van der Waals surface area contributed by atoms with Crippen molar-refractivity contribution in [2.75, 3.05) is 0 Å². The van der Waals surface area contributed by atoms with E-state index in [0.717, 1.165) is 0 Å². The molecule has 4 rings (SSSR count). The van der Waals surface area contributed by atoms with Gasteiger partial charge in [-0.2, -0.15) is 0 Å². The van der Waals surface area contributed by atoms with Gasteiger partial charge in [0.05, 0.1) is 5.25 Å². The van der Waals surface area contributed by atoms with E-state index in [-0.39, 0.29) is 40.4 Å². The number of benzene rings is 2. The summed E-state index contributed by atoms with van der Waals surface area (Å²) in [6, 6.07) is 11.5. The van der Waals surface area contributed by atoms with Crippen LogP contribution in [0, 0.1) is 18.6 Å². The van der Waals surface area contributed by atoms with E-state index in [1.807, 2.05) is 0 Å². The average molecular weight is 514 g/mol. The molecule has 11 heteroatoms.